The fourth-order valence-electron chi connectivity index (χ4n) is 4.76. The van der Waals surface area contributed by atoms with Crippen LogP contribution in [0.1, 0.15) is 38.7 Å². The van der Waals surface area contributed by atoms with Gasteiger partial charge >= 0.3 is 0 Å². The summed E-state index contributed by atoms with van der Waals surface area (Å²) in [5.41, 5.74) is -0.465. The van der Waals surface area contributed by atoms with Gasteiger partial charge in [-0.15, -0.1) is 0 Å². The second-order valence-electron chi connectivity index (χ2n) is 10.3. The zero-order valence-corrected chi connectivity index (χ0v) is 23.3. The number of methoxy groups -OCH3 is 1. The highest BCUT2D eigenvalue weighted by Crippen LogP contribution is 2.30. The molecule has 4 amide bonds. The predicted molar refractivity (Wildman–Crippen MR) is 154 cm³/mol. The van der Waals surface area contributed by atoms with Crippen molar-refractivity contribution in [1.82, 2.24) is 16.0 Å². The summed E-state index contributed by atoms with van der Waals surface area (Å²) >= 11 is 0. The number of anilines is 1. The van der Waals surface area contributed by atoms with Crippen LogP contribution in [0.25, 0.3) is 10.8 Å². The van der Waals surface area contributed by atoms with Crippen LogP contribution in [0.5, 0.6) is 5.75 Å². The smallest absolute Gasteiger partial charge is 0.253 e. The van der Waals surface area contributed by atoms with Gasteiger partial charge in [0.15, 0.2) is 11.3 Å². The number of hydrogen-bond acceptors (Lipinski definition) is 6. The highest BCUT2D eigenvalue weighted by atomic mass is 16.5. The third kappa shape index (κ3) is 6.89. The molecule has 0 bridgehead atoms. The van der Waals surface area contributed by atoms with E-state index in [1.54, 1.807) is 13.2 Å². The first-order chi connectivity index (χ1) is 19.6. The highest BCUT2D eigenvalue weighted by molar-refractivity contribution is 6.14. The fraction of sp³-hybridized carbons (Fsp3) is 0.323. The molecule has 1 heterocycles. The topological polar surface area (TPSA) is 143 Å². The van der Waals surface area contributed by atoms with Crippen molar-refractivity contribution in [3.8, 4) is 5.75 Å². The first-order valence-corrected chi connectivity index (χ1v) is 13.5. The van der Waals surface area contributed by atoms with Crippen molar-refractivity contribution in [3.63, 3.8) is 0 Å². The third-order valence-electron chi connectivity index (χ3n) is 7.18. The number of carbonyl (C=O) groups excluding carboxylic acids is 5. The number of nitrogens with one attached hydrogen (secondary N) is 4. The summed E-state index contributed by atoms with van der Waals surface area (Å²) in [5.74, 6) is -2.12. The van der Waals surface area contributed by atoms with E-state index in [0.717, 1.165) is 16.3 Å². The molecule has 1 fully saturated rings. The number of benzene rings is 3. The van der Waals surface area contributed by atoms with Crippen LogP contribution in [-0.4, -0.2) is 54.1 Å². The van der Waals surface area contributed by atoms with Crippen LogP contribution in [0, 0.1) is 0 Å². The zero-order chi connectivity index (χ0) is 29.6. The number of fused-ring (bicyclic) bond motifs is 1. The molecular weight excluding hydrogens is 524 g/mol. The Bertz CT molecular complexity index is 1470. The molecule has 4 N–H and O–H groups in total. The Hall–Kier alpha value is -4.73. The van der Waals surface area contributed by atoms with E-state index < -0.39 is 47.0 Å². The van der Waals surface area contributed by atoms with Crippen molar-refractivity contribution in [3.05, 3.63) is 72.3 Å². The lowest BCUT2D eigenvalue weighted by Crippen LogP contribution is -2.63. The van der Waals surface area contributed by atoms with E-state index in [0.29, 0.717) is 17.9 Å². The maximum Gasteiger partial charge on any atom is 0.253 e. The van der Waals surface area contributed by atoms with E-state index >= 15 is 0 Å². The van der Waals surface area contributed by atoms with Crippen LogP contribution in [0.15, 0.2) is 66.7 Å². The monoisotopic (exact) mass is 558 g/mol. The van der Waals surface area contributed by atoms with E-state index in [-0.39, 0.29) is 19.3 Å². The molecule has 0 aromatic heterocycles. The summed E-state index contributed by atoms with van der Waals surface area (Å²) in [4.78, 5) is 64.4. The average Bonchev–Trinajstić information content (AvgIpc) is 3.09. The molecule has 3 atom stereocenters. The second kappa shape index (κ2) is 12.6. The molecule has 0 unspecified atom stereocenters. The van der Waals surface area contributed by atoms with E-state index in [9.17, 15) is 24.0 Å². The first-order valence-electron chi connectivity index (χ1n) is 13.5. The van der Waals surface area contributed by atoms with Gasteiger partial charge in [-0.3, -0.25) is 24.0 Å². The van der Waals surface area contributed by atoms with Crippen molar-refractivity contribution in [1.29, 1.82) is 0 Å². The van der Waals surface area contributed by atoms with Gasteiger partial charge in [0, 0.05) is 36.4 Å². The molecule has 10 heteroatoms. The van der Waals surface area contributed by atoms with E-state index in [2.05, 4.69) is 21.3 Å². The molecule has 4 rings (SSSR count). The number of carbonyl (C=O) groups is 5. The molecule has 0 radical (unpaired) electrons. The summed E-state index contributed by atoms with van der Waals surface area (Å²) in [6.07, 6.45) is 0.755. The minimum Gasteiger partial charge on any atom is -0.496 e. The first kappa shape index (κ1) is 29.3. The maximum absolute atomic E-state index is 13.5. The summed E-state index contributed by atoms with van der Waals surface area (Å²) < 4.78 is 5.51. The van der Waals surface area contributed by atoms with Gasteiger partial charge in [0.2, 0.25) is 17.7 Å². The maximum atomic E-state index is 13.5. The molecule has 214 valence electrons. The van der Waals surface area contributed by atoms with Gasteiger partial charge in [-0.05, 0) is 37.3 Å². The average molecular weight is 559 g/mol. The molecule has 0 aliphatic carbocycles. The number of ether oxygens (including phenoxy) is 1. The summed E-state index contributed by atoms with van der Waals surface area (Å²) in [7, 11) is 1.55. The molecule has 1 aliphatic heterocycles. The summed E-state index contributed by atoms with van der Waals surface area (Å²) in [5, 5.41) is 12.4. The number of hydrogen-bond donors (Lipinski definition) is 4. The van der Waals surface area contributed by atoms with Crippen molar-refractivity contribution in [2.45, 2.75) is 57.2 Å². The quantitative estimate of drug-likeness (QED) is 0.298. The largest absolute Gasteiger partial charge is 0.496 e. The number of Topliss-reactive ketones (excluding diaryl/α,β-unsaturated/α-hetero) is 1. The Morgan fingerprint density at radius 1 is 0.951 bits per heavy atom. The van der Waals surface area contributed by atoms with Gasteiger partial charge in [-0.2, -0.15) is 0 Å². The molecule has 0 saturated carbocycles. The number of rotatable bonds is 9. The Balaban J connectivity index is 1.51. The van der Waals surface area contributed by atoms with Crippen LogP contribution in [-0.2, 0) is 30.4 Å². The third-order valence-corrected chi connectivity index (χ3v) is 7.18. The Morgan fingerprint density at radius 2 is 1.66 bits per heavy atom. The molecular formula is C31H34N4O6. The van der Waals surface area contributed by atoms with Gasteiger partial charge in [-0.1, -0.05) is 54.6 Å². The van der Waals surface area contributed by atoms with Gasteiger partial charge in [-0.25, -0.2) is 0 Å². The Morgan fingerprint density at radius 3 is 2.39 bits per heavy atom. The summed E-state index contributed by atoms with van der Waals surface area (Å²) in [6, 6.07) is 18.3. The minimum absolute atomic E-state index is 0.0715. The number of amides is 4. The van der Waals surface area contributed by atoms with Crippen LogP contribution < -0.4 is 26.0 Å². The summed E-state index contributed by atoms with van der Waals surface area (Å²) in [6.45, 7) is 2.78. The standard InChI is InChI=1S/C31H34N4O6/c1-19(32-30(40)31(2)26(36)14-9-15-27(37)35-31)28(38)34-24(16-20-10-5-4-6-11-20)29(39)33-22-17-21-12-7-8-13-23(21)25(18-22)41-3/h4-8,10-13,17-19,24H,9,14-16H2,1-3H3,(H,32,40)(H,33,39)(H,34,38)(H,35,37)/t19-,24-,31+/m0/s1. The Kier molecular flexibility index (Phi) is 9.01. The molecule has 1 saturated heterocycles. The number of ketones is 1. The van der Waals surface area contributed by atoms with Crippen molar-refractivity contribution in [2.75, 3.05) is 12.4 Å². The lowest BCUT2D eigenvalue weighted by molar-refractivity contribution is -0.141. The van der Waals surface area contributed by atoms with Gasteiger partial charge < -0.3 is 26.0 Å². The SMILES string of the molecule is COc1cc(NC(=O)[C@H](Cc2ccccc2)NC(=O)[C@H](C)NC(=O)[C@]2(C)NC(=O)CCCC2=O)cc2ccccc12. The molecule has 3 aromatic rings. The molecule has 0 spiro atoms. The molecule has 1 aliphatic rings. The predicted octanol–water partition coefficient (Wildman–Crippen LogP) is 2.65. The van der Waals surface area contributed by atoms with Gasteiger partial charge in [0.05, 0.1) is 7.11 Å². The van der Waals surface area contributed by atoms with Crippen molar-refractivity contribution in [2.24, 2.45) is 0 Å². The normalized spacial score (nSPS) is 18.4. The highest BCUT2D eigenvalue weighted by Gasteiger charge is 2.44. The van der Waals surface area contributed by atoms with Gasteiger partial charge in [0.1, 0.15) is 17.8 Å². The van der Waals surface area contributed by atoms with Crippen molar-refractivity contribution < 1.29 is 28.7 Å². The molecule has 41 heavy (non-hydrogen) atoms. The lowest BCUT2D eigenvalue weighted by atomic mass is 9.93. The Labute approximate surface area is 238 Å². The lowest BCUT2D eigenvalue weighted by Gasteiger charge is -2.28. The van der Waals surface area contributed by atoms with E-state index in [1.165, 1.54) is 13.8 Å². The van der Waals surface area contributed by atoms with Gasteiger partial charge in [0.25, 0.3) is 5.91 Å². The van der Waals surface area contributed by atoms with Crippen LogP contribution in [0.3, 0.4) is 0 Å². The molecule has 10 nitrogen and oxygen atoms in total. The minimum atomic E-state index is -1.78. The van der Waals surface area contributed by atoms with Crippen molar-refractivity contribution >= 4 is 45.9 Å². The van der Waals surface area contributed by atoms with Crippen LogP contribution in [0.4, 0.5) is 5.69 Å². The second-order valence-corrected chi connectivity index (χ2v) is 10.3. The van der Waals surface area contributed by atoms with E-state index in [1.807, 2.05) is 60.7 Å². The van der Waals surface area contributed by atoms with Crippen LogP contribution >= 0.6 is 0 Å². The molecule has 3 aromatic carbocycles. The van der Waals surface area contributed by atoms with E-state index in [4.69, 9.17) is 4.74 Å². The van der Waals surface area contributed by atoms with Crippen LogP contribution in [0.2, 0.25) is 0 Å². The fourth-order valence-corrected chi connectivity index (χ4v) is 4.76. The zero-order valence-electron chi connectivity index (χ0n) is 23.3.